The van der Waals surface area contributed by atoms with Gasteiger partial charge in [0, 0.05) is 44.0 Å². The van der Waals surface area contributed by atoms with E-state index in [4.69, 9.17) is 19.4 Å². The fourth-order valence-corrected chi connectivity index (χ4v) is 4.66. The lowest BCUT2D eigenvalue weighted by atomic mass is 9.74. The number of benzene rings is 1. The third-order valence-corrected chi connectivity index (χ3v) is 6.61. The number of aromatic amines is 1. The molecule has 7 nitrogen and oxygen atoms in total. The third-order valence-electron chi connectivity index (χ3n) is 6.61. The van der Waals surface area contributed by atoms with E-state index in [2.05, 4.69) is 59.4 Å². The summed E-state index contributed by atoms with van der Waals surface area (Å²) in [5, 5.41) is 4.76. The SMILES string of the molecule is Cc1ccc(C2(CNc3nc(N4CCOCC4)nc4[nH]c(C)cc34)CCOCC2)cc1. The first-order chi connectivity index (χ1) is 15.1. The molecule has 2 aliphatic heterocycles. The zero-order valence-electron chi connectivity index (χ0n) is 18.4. The van der Waals surface area contributed by atoms with Gasteiger partial charge in [0.1, 0.15) is 11.5 Å². The normalized spacial score (nSPS) is 19.0. The number of aromatic nitrogens is 3. The molecule has 0 spiro atoms. The molecule has 2 fully saturated rings. The maximum atomic E-state index is 5.72. The smallest absolute Gasteiger partial charge is 0.229 e. The van der Waals surface area contributed by atoms with Crippen LogP contribution in [0.1, 0.15) is 29.7 Å². The quantitative estimate of drug-likeness (QED) is 0.656. The van der Waals surface area contributed by atoms with Crippen LogP contribution in [0.4, 0.5) is 11.8 Å². The molecule has 2 aromatic heterocycles. The van der Waals surface area contributed by atoms with Crippen LogP contribution in [-0.4, -0.2) is 61.0 Å². The van der Waals surface area contributed by atoms with E-state index in [9.17, 15) is 0 Å². The largest absolute Gasteiger partial charge is 0.381 e. The zero-order chi connectivity index (χ0) is 21.3. The maximum absolute atomic E-state index is 5.72. The average Bonchev–Trinajstić information content (AvgIpc) is 3.19. The highest BCUT2D eigenvalue weighted by Crippen LogP contribution is 2.36. The predicted octanol–water partition coefficient (Wildman–Crippen LogP) is 3.57. The van der Waals surface area contributed by atoms with Crippen molar-refractivity contribution < 1.29 is 9.47 Å². The number of nitrogens with one attached hydrogen (secondary N) is 2. The van der Waals surface area contributed by atoms with Gasteiger partial charge in [-0.25, -0.2) is 0 Å². The van der Waals surface area contributed by atoms with Crippen LogP contribution in [0.2, 0.25) is 0 Å². The Kier molecular flexibility index (Phi) is 5.54. The van der Waals surface area contributed by atoms with Crippen LogP contribution in [0.5, 0.6) is 0 Å². The van der Waals surface area contributed by atoms with Crippen LogP contribution >= 0.6 is 0 Å². The van der Waals surface area contributed by atoms with Crippen LogP contribution in [0.3, 0.4) is 0 Å². The van der Waals surface area contributed by atoms with Gasteiger partial charge in [-0.15, -0.1) is 0 Å². The first kappa shape index (κ1) is 20.3. The number of rotatable bonds is 5. The van der Waals surface area contributed by atoms with Gasteiger partial charge in [-0.2, -0.15) is 9.97 Å². The molecule has 2 aliphatic rings. The fraction of sp³-hybridized carbons (Fsp3) is 0.500. The van der Waals surface area contributed by atoms with Crippen molar-refractivity contribution in [1.29, 1.82) is 0 Å². The summed E-state index contributed by atoms with van der Waals surface area (Å²) in [7, 11) is 0. The zero-order valence-corrected chi connectivity index (χ0v) is 18.4. The predicted molar refractivity (Wildman–Crippen MR) is 123 cm³/mol. The van der Waals surface area contributed by atoms with Gasteiger partial charge in [0.25, 0.3) is 0 Å². The van der Waals surface area contributed by atoms with Crippen molar-refractivity contribution in [3.8, 4) is 0 Å². The van der Waals surface area contributed by atoms with Crippen molar-refractivity contribution in [2.45, 2.75) is 32.1 Å². The van der Waals surface area contributed by atoms with Gasteiger partial charge in [0.15, 0.2) is 0 Å². The number of morpholine rings is 1. The number of H-pyrrole nitrogens is 1. The molecule has 7 heteroatoms. The third kappa shape index (κ3) is 4.12. The molecule has 0 bridgehead atoms. The standard InChI is InChI=1S/C24H31N5O2/c1-17-3-5-19(6-4-17)24(7-11-30-12-8-24)16-25-21-20-15-18(2)26-22(20)28-23(27-21)29-9-13-31-14-10-29/h3-6,15H,7-14,16H2,1-2H3,(H2,25,26,27,28). The molecule has 0 aliphatic carbocycles. The van der Waals surface area contributed by atoms with Crippen molar-refractivity contribution in [3.05, 3.63) is 47.2 Å². The van der Waals surface area contributed by atoms with Gasteiger partial charge in [-0.1, -0.05) is 29.8 Å². The minimum absolute atomic E-state index is 0.0354. The number of hydrogen-bond donors (Lipinski definition) is 2. The van der Waals surface area contributed by atoms with Crippen LogP contribution in [0.25, 0.3) is 11.0 Å². The van der Waals surface area contributed by atoms with Gasteiger partial charge in [-0.3, -0.25) is 0 Å². The first-order valence-electron chi connectivity index (χ1n) is 11.2. The van der Waals surface area contributed by atoms with E-state index in [0.717, 1.165) is 74.2 Å². The molecule has 31 heavy (non-hydrogen) atoms. The number of hydrogen-bond acceptors (Lipinski definition) is 6. The number of aryl methyl sites for hydroxylation is 2. The maximum Gasteiger partial charge on any atom is 0.229 e. The molecule has 0 amide bonds. The van der Waals surface area contributed by atoms with Crippen molar-refractivity contribution in [3.63, 3.8) is 0 Å². The summed E-state index contributed by atoms with van der Waals surface area (Å²) in [5.74, 6) is 1.66. The second kappa shape index (κ2) is 8.48. The highest BCUT2D eigenvalue weighted by atomic mass is 16.5. The Labute approximate surface area is 183 Å². The summed E-state index contributed by atoms with van der Waals surface area (Å²) in [6.45, 7) is 9.65. The Morgan fingerprint density at radius 3 is 2.45 bits per heavy atom. The molecule has 2 N–H and O–H groups in total. The number of nitrogens with zero attached hydrogens (tertiary/aromatic N) is 3. The van der Waals surface area contributed by atoms with Crippen molar-refractivity contribution in [2.24, 2.45) is 0 Å². The number of fused-ring (bicyclic) bond motifs is 1. The summed E-state index contributed by atoms with van der Waals surface area (Å²) in [4.78, 5) is 15.4. The average molecular weight is 422 g/mol. The Bertz CT molecular complexity index is 1030. The number of anilines is 2. The van der Waals surface area contributed by atoms with Gasteiger partial charge in [0.05, 0.1) is 18.6 Å². The number of ether oxygens (including phenoxy) is 2. The second-order valence-electron chi connectivity index (χ2n) is 8.80. The van der Waals surface area contributed by atoms with Gasteiger partial charge >= 0.3 is 0 Å². The summed E-state index contributed by atoms with van der Waals surface area (Å²) in [5.41, 5.74) is 4.67. The summed E-state index contributed by atoms with van der Waals surface area (Å²) < 4.78 is 11.2. The lowest BCUT2D eigenvalue weighted by molar-refractivity contribution is 0.0544. The van der Waals surface area contributed by atoms with Gasteiger partial charge in [0.2, 0.25) is 5.95 Å². The van der Waals surface area contributed by atoms with E-state index < -0.39 is 0 Å². The van der Waals surface area contributed by atoms with Gasteiger partial charge < -0.3 is 24.7 Å². The van der Waals surface area contributed by atoms with E-state index in [0.29, 0.717) is 13.2 Å². The fourth-order valence-electron chi connectivity index (χ4n) is 4.66. The Morgan fingerprint density at radius 2 is 1.71 bits per heavy atom. The van der Waals surface area contributed by atoms with Crippen molar-refractivity contribution in [1.82, 2.24) is 15.0 Å². The van der Waals surface area contributed by atoms with Crippen LogP contribution in [-0.2, 0) is 14.9 Å². The Hall–Kier alpha value is -2.64. The summed E-state index contributed by atoms with van der Waals surface area (Å²) >= 11 is 0. The molecular formula is C24H31N5O2. The summed E-state index contributed by atoms with van der Waals surface area (Å²) in [6, 6.07) is 11.1. The van der Waals surface area contributed by atoms with E-state index in [1.165, 1.54) is 11.1 Å². The van der Waals surface area contributed by atoms with E-state index >= 15 is 0 Å². The lowest BCUT2D eigenvalue weighted by Gasteiger charge is -2.38. The molecule has 0 atom stereocenters. The minimum atomic E-state index is 0.0354. The lowest BCUT2D eigenvalue weighted by Crippen LogP contribution is -2.40. The minimum Gasteiger partial charge on any atom is -0.381 e. The Morgan fingerprint density at radius 1 is 1.00 bits per heavy atom. The van der Waals surface area contributed by atoms with E-state index in [1.807, 2.05) is 0 Å². The molecule has 0 unspecified atom stereocenters. The second-order valence-corrected chi connectivity index (χ2v) is 8.80. The topological polar surface area (TPSA) is 75.3 Å². The highest BCUT2D eigenvalue weighted by Gasteiger charge is 2.34. The van der Waals surface area contributed by atoms with Crippen molar-refractivity contribution in [2.75, 3.05) is 56.3 Å². The van der Waals surface area contributed by atoms with Crippen LogP contribution in [0, 0.1) is 13.8 Å². The van der Waals surface area contributed by atoms with Crippen LogP contribution < -0.4 is 10.2 Å². The molecule has 5 rings (SSSR count). The summed E-state index contributed by atoms with van der Waals surface area (Å²) in [6.07, 6.45) is 2.00. The molecule has 0 saturated carbocycles. The molecule has 0 radical (unpaired) electrons. The van der Waals surface area contributed by atoms with Crippen LogP contribution in [0.15, 0.2) is 30.3 Å². The highest BCUT2D eigenvalue weighted by molar-refractivity contribution is 5.89. The molecule has 3 aromatic rings. The van der Waals surface area contributed by atoms with E-state index in [-0.39, 0.29) is 5.41 Å². The van der Waals surface area contributed by atoms with E-state index in [1.54, 1.807) is 0 Å². The monoisotopic (exact) mass is 421 g/mol. The van der Waals surface area contributed by atoms with Crippen molar-refractivity contribution >= 4 is 22.8 Å². The molecule has 1 aromatic carbocycles. The Balaban J connectivity index is 1.47. The molecule has 4 heterocycles. The van der Waals surface area contributed by atoms with Gasteiger partial charge in [-0.05, 0) is 38.3 Å². The molecule has 164 valence electrons. The molecular weight excluding hydrogens is 390 g/mol. The first-order valence-corrected chi connectivity index (χ1v) is 11.2. The molecule has 2 saturated heterocycles.